The second kappa shape index (κ2) is 9.45. The number of nitriles is 1. The van der Waals surface area contributed by atoms with Crippen molar-refractivity contribution in [2.75, 3.05) is 5.43 Å². The molecule has 0 radical (unpaired) electrons. The minimum Gasteiger partial charge on any atom is -0.343 e. The second-order valence-corrected chi connectivity index (χ2v) is 7.87. The Labute approximate surface area is 199 Å². The lowest BCUT2D eigenvalue weighted by molar-refractivity contribution is 0.626. The van der Waals surface area contributed by atoms with Gasteiger partial charge in [-0.1, -0.05) is 48.5 Å². The molecule has 0 fully saturated rings. The van der Waals surface area contributed by atoms with Crippen molar-refractivity contribution < 1.29 is 4.39 Å². The van der Waals surface area contributed by atoms with E-state index < -0.39 is 5.56 Å². The highest BCUT2D eigenvalue weighted by Crippen LogP contribution is 2.20. The van der Waals surface area contributed by atoms with Gasteiger partial charge in [0, 0.05) is 29.2 Å². The maximum absolute atomic E-state index is 13.2. The van der Waals surface area contributed by atoms with Gasteiger partial charge in [-0.2, -0.15) is 10.4 Å². The van der Waals surface area contributed by atoms with Gasteiger partial charge < -0.3 is 4.57 Å². The molecule has 0 bridgehead atoms. The van der Waals surface area contributed by atoms with E-state index in [0.29, 0.717) is 17.8 Å². The van der Waals surface area contributed by atoms with Crippen LogP contribution in [0.1, 0.15) is 16.7 Å². The number of nitrogens with one attached hydrogen (secondary N) is 2. The highest BCUT2D eigenvalue weighted by molar-refractivity contribution is 5.89. The third-order valence-corrected chi connectivity index (χ3v) is 5.52. The van der Waals surface area contributed by atoms with E-state index in [1.54, 1.807) is 30.5 Å². The van der Waals surface area contributed by atoms with Crippen molar-refractivity contribution in [1.82, 2.24) is 14.5 Å². The van der Waals surface area contributed by atoms with Crippen LogP contribution in [-0.2, 0) is 6.54 Å². The van der Waals surface area contributed by atoms with E-state index in [1.165, 1.54) is 12.1 Å². The van der Waals surface area contributed by atoms with Gasteiger partial charge in [0.15, 0.2) is 0 Å². The molecule has 0 spiro atoms. The summed E-state index contributed by atoms with van der Waals surface area (Å²) in [6, 6.07) is 25.4. The standard InChI is InChI=1S/C27H19FN6O/c28-22-9-6-18(7-10-22)17-34-13-12-21-14-19(8-11-24(21)34)16-30-33-27-31-25(20-4-2-1-3-5-20)23(15-29)26(35)32-27/h1-14,16H,17H2,(H2,31,32,33,35). The number of hydrazone groups is 1. The zero-order valence-electron chi connectivity index (χ0n) is 18.4. The van der Waals surface area contributed by atoms with Crippen molar-refractivity contribution in [2.24, 2.45) is 5.10 Å². The van der Waals surface area contributed by atoms with Gasteiger partial charge in [-0.05, 0) is 41.5 Å². The first-order valence-corrected chi connectivity index (χ1v) is 10.8. The van der Waals surface area contributed by atoms with Crippen molar-refractivity contribution in [2.45, 2.75) is 6.54 Å². The van der Waals surface area contributed by atoms with Gasteiger partial charge >= 0.3 is 0 Å². The molecule has 0 aliphatic rings. The van der Waals surface area contributed by atoms with Gasteiger partial charge in [0.25, 0.3) is 5.56 Å². The van der Waals surface area contributed by atoms with Crippen LogP contribution in [0.5, 0.6) is 0 Å². The Morgan fingerprint density at radius 2 is 1.89 bits per heavy atom. The molecule has 2 heterocycles. The first-order valence-electron chi connectivity index (χ1n) is 10.8. The summed E-state index contributed by atoms with van der Waals surface area (Å²) in [6.07, 6.45) is 3.61. The molecule has 0 atom stereocenters. The number of anilines is 1. The predicted molar refractivity (Wildman–Crippen MR) is 134 cm³/mol. The van der Waals surface area contributed by atoms with Crippen molar-refractivity contribution in [3.63, 3.8) is 0 Å². The van der Waals surface area contributed by atoms with E-state index in [0.717, 1.165) is 22.0 Å². The molecule has 2 aromatic heterocycles. The first kappa shape index (κ1) is 21.8. The number of aromatic nitrogens is 3. The van der Waals surface area contributed by atoms with Gasteiger partial charge in [-0.15, -0.1) is 0 Å². The minimum absolute atomic E-state index is 0.0543. The molecule has 5 aromatic rings. The summed E-state index contributed by atoms with van der Waals surface area (Å²) >= 11 is 0. The Morgan fingerprint density at radius 3 is 2.66 bits per heavy atom. The van der Waals surface area contributed by atoms with E-state index in [2.05, 4.69) is 25.1 Å². The van der Waals surface area contributed by atoms with Gasteiger partial charge in [0.1, 0.15) is 17.4 Å². The predicted octanol–water partition coefficient (Wildman–Crippen LogP) is 4.90. The molecular weight excluding hydrogens is 443 g/mol. The third-order valence-electron chi connectivity index (χ3n) is 5.52. The number of nitrogens with zero attached hydrogens (tertiary/aromatic N) is 4. The van der Waals surface area contributed by atoms with Crippen molar-refractivity contribution in [3.8, 4) is 17.3 Å². The van der Waals surface area contributed by atoms with E-state index in [9.17, 15) is 14.4 Å². The SMILES string of the molecule is N#Cc1c(-c2ccccc2)nc(NN=Cc2ccc3c(ccn3Cc3ccc(F)cc3)c2)[nH]c1=O. The van der Waals surface area contributed by atoms with Crippen molar-refractivity contribution in [3.05, 3.63) is 118 Å². The normalized spacial score (nSPS) is 11.1. The summed E-state index contributed by atoms with van der Waals surface area (Å²) in [5, 5.41) is 14.6. The van der Waals surface area contributed by atoms with Crippen LogP contribution < -0.4 is 11.0 Å². The average Bonchev–Trinajstić information content (AvgIpc) is 3.27. The lowest BCUT2D eigenvalue weighted by Gasteiger charge is -2.06. The van der Waals surface area contributed by atoms with E-state index in [1.807, 2.05) is 54.7 Å². The molecular formula is C27H19FN6O. The molecule has 7 nitrogen and oxygen atoms in total. The van der Waals surface area contributed by atoms with Crippen LogP contribution in [0.2, 0.25) is 0 Å². The largest absolute Gasteiger partial charge is 0.343 e. The Morgan fingerprint density at radius 1 is 1.09 bits per heavy atom. The van der Waals surface area contributed by atoms with E-state index in [4.69, 9.17) is 0 Å². The number of halogens is 1. The molecule has 35 heavy (non-hydrogen) atoms. The summed E-state index contributed by atoms with van der Waals surface area (Å²) in [4.78, 5) is 19.3. The van der Waals surface area contributed by atoms with Crippen LogP contribution in [0.25, 0.3) is 22.2 Å². The number of aromatic amines is 1. The highest BCUT2D eigenvalue weighted by atomic mass is 19.1. The summed E-state index contributed by atoms with van der Waals surface area (Å²) in [6.45, 7) is 0.639. The summed E-state index contributed by atoms with van der Waals surface area (Å²) < 4.78 is 15.3. The number of H-pyrrole nitrogens is 1. The zero-order chi connectivity index (χ0) is 24.2. The number of hydrogen-bond donors (Lipinski definition) is 2. The van der Waals surface area contributed by atoms with E-state index in [-0.39, 0.29) is 17.3 Å². The van der Waals surface area contributed by atoms with Crippen molar-refractivity contribution >= 4 is 23.1 Å². The van der Waals surface area contributed by atoms with Gasteiger partial charge in [-0.25, -0.2) is 14.8 Å². The molecule has 0 aliphatic carbocycles. The van der Waals surface area contributed by atoms with Crippen LogP contribution in [0.15, 0.2) is 95.0 Å². The number of benzene rings is 3. The fraction of sp³-hybridized carbons (Fsp3) is 0.0370. The summed E-state index contributed by atoms with van der Waals surface area (Å²) in [5.74, 6) is -0.115. The van der Waals surface area contributed by atoms with Gasteiger partial charge in [0.2, 0.25) is 5.95 Å². The molecule has 0 saturated heterocycles. The number of hydrogen-bond acceptors (Lipinski definition) is 5. The zero-order valence-corrected chi connectivity index (χ0v) is 18.4. The maximum Gasteiger partial charge on any atom is 0.270 e. The quantitative estimate of drug-likeness (QED) is 0.277. The molecule has 170 valence electrons. The van der Waals surface area contributed by atoms with Crippen LogP contribution in [0.4, 0.5) is 10.3 Å². The molecule has 2 N–H and O–H groups in total. The average molecular weight is 462 g/mol. The van der Waals surface area contributed by atoms with Crippen LogP contribution in [0.3, 0.4) is 0 Å². The van der Waals surface area contributed by atoms with E-state index >= 15 is 0 Å². The second-order valence-electron chi connectivity index (χ2n) is 7.87. The molecule has 3 aromatic carbocycles. The summed E-state index contributed by atoms with van der Waals surface area (Å²) in [5.41, 5.74) is 6.01. The van der Waals surface area contributed by atoms with Crippen LogP contribution >= 0.6 is 0 Å². The Balaban J connectivity index is 1.35. The monoisotopic (exact) mass is 462 g/mol. The Hall–Kier alpha value is -5.03. The fourth-order valence-corrected chi connectivity index (χ4v) is 3.83. The van der Waals surface area contributed by atoms with Crippen molar-refractivity contribution in [1.29, 1.82) is 5.26 Å². The third kappa shape index (κ3) is 4.70. The number of rotatable bonds is 6. The topological polar surface area (TPSA) is 98.9 Å². The molecule has 0 unspecified atom stereocenters. The molecule has 0 aliphatic heterocycles. The van der Waals surface area contributed by atoms with Crippen LogP contribution in [-0.4, -0.2) is 20.7 Å². The maximum atomic E-state index is 13.2. The van der Waals surface area contributed by atoms with Gasteiger partial charge in [-0.3, -0.25) is 9.78 Å². The lowest BCUT2D eigenvalue weighted by atomic mass is 10.1. The van der Waals surface area contributed by atoms with Gasteiger partial charge in [0.05, 0.1) is 11.9 Å². The molecule has 0 amide bonds. The Bertz CT molecular complexity index is 1630. The Kier molecular flexibility index (Phi) is 5.89. The lowest BCUT2D eigenvalue weighted by Crippen LogP contribution is -2.16. The minimum atomic E-state index is -0.539. The molecule has 5 rings (SSSR count). The fourth-order valence-electron chi connectivity index (χ4n) is 3.83. The first-order chi connectivity index (χ1) is 17.1. The molecule has 8 heteroatoms. The smallest absolute Gasteiger partial charge is 0.270 e. The highest BCUT2D eigenvalue weighted by Gasteiger charge is 2.12. The summed E-state index contributed by atoms with van der Waals surface area (Å²) in [7, 11) is 0. The molecule has 0 saturated carbocycles. The number of fused-ring (bicyclic) bond motifs is 1. The van der Waals surface area contributed by atoms with Crippen LogP contribution in [0, 0.1) is 17.1 Å².